The summed E-state index contributed by atoms with van der Waals surface area (Å²) in [5.41, 5.74) is 0.355. The molecule has 3 fully saturated rings. The minimum Gasteiger partial charge on any atom is -0.481 e. The molecule has 0 aromatic heterocycles. The van der Waals surface area contributed by atoms with Gasteiger partial charge in [-0.2, -0.15) is 0 Å². The molecule has 1 aliphatic heterocycles. The van der Waals surface area contributed by atoms with Gasteiger partial charge in [-0.25, -0.2) is 0 Å². The first-order valence-corrected chi connectivity index (χ1v) is 7.47. The highest BCUT2D eigenvalue weighted by Gasteiger charge is 2.56. The largest absolute Gasteiger partial charge is 0.481 e. The van der Waals surface area contributed by atoms with Crippen LogP contribution in [0.5, 0.6) is 0 Å². The van der Waals surface area contributed by atoms with Crippen LogP contribution >= 0.6 is 0 Å². The van der Waals surface area contributed by atoms with Crippen LogP contribution in [0.15, 0.2) is 0 Å². The molecule has 1 heterocycles. The molecule has 0 aromatic carbocycles. The summed E-state index contributed by atoms with van der Waals surface area (Å²) >= 11 is 0. The molecule has 3 atom stereocenters. The van der Waals surface area contributed by atoms with E-state index >= 15 is 0 Å². The Balaban J connectivity index is 1.75. The first kappa shape index (κ1) is 12.9. The summed E-state index contributed by atoms with van der Waals surface area (Å²) in [6.07, 6.45) is 5.44. The van der Waals surface area contributed by atoms with E-state index in [-0.39, 0.29) is 17.9 Å². The Labute approximate surface area is 114 Å². The number of hydrogen-bond donors (Lipinski definition) is 1. The molecular weight excluding hydrogens is 242 g/mol. The summed E-state index contributed by atoms with van der Waals surface area (Å²) < 4.78 is 0. The average molecular weight is 265 g/mol. The maximum absolute atomic E-state index is 12.3. The van der Waals surface area contributed by atoms with E-state index in [2.05, 4.69) is 0 Å². The minimum absolute atomic E-state index is 0.0488. The zero-order valence-electron chi connectivity index (χ0n) is 11.8. The Kier molecular flexibility index (Phi) is 2.88. The maximum atomic E-state index is 12.3. The van der Waals surface area contributed by atoms with Gasteiger partial charge in [-0.3, -0.25) is 9.59 Å². The number of nitrogens with zero attached hydrogens (tertiary/aromatic N) is 1. The van der Waals surface area contributed by atoms with Crippen molar-refractivity contribution in [1.29, 1.82) is 0 Å². The van der Waals surface area contributed by atoms with E-state index in [9.17, 15) is 14.7 Å². The lowest BCUT2D eigenvalue weighted by Crippen LogP contribution is -2.54. The van der Waals surface area contributed by atoms with Crippen LogP contribution in [0.1, 0.15) is 46.0 Å². The van der Waals surface area contributed by atoms with Crippen molar-refractivity contribution in [2.24, 2.45) is 23.2 Å². The SMILES string of the molecule is CC1CC(=O)N(CC2(C3CC3)CC2)C(C)C1C(=O)O. The number of carboxylic acids is 1. The number of carbonyl (C=O) groups is 2. The lowest BCUT2D eigenvalue weighted by molar-refractivity contribution is -0.155. The second-order valence-electron chi connectivity index (χ2n) is 6.94. The molecular formula is C15H23NO3. The lowest BCUT2D eigenvalue weighted by atomic mass is 9.80. The molecule has 3 aliphatic rings. The van der Waals surface area contributed by atoms with Gasteiger partial charge in [-0.05, 0) is 49.9 Å². The van der Waals surface area contributed by atoms with Crippen LogP contribution in [0.2, 0.25) is 0 Å². The fraction of sp³-hybridized carbons (Fsp3) is 0.867. The maximum Gasteiger partial charge on any atom is 0.308 e. The van der Waals surface area contributed by atoms with E-state index in [1.165, 1.54) is 25.7 Å². The molecule has 1 saturated heterocycles. The van der Waals surface area contributed by atoms with Gasteiger partial charge in [0.25, 0.3) is 0 Å². The number of aliphatic carboxylic acids is 1. The van der Waals surface area contributed by atoms with E-state index in [0.717, 1.165) is 12.5 Å². The highest BCUT2D eigenvalue weighted by Crippen LogP contribution is 2.62. The van der Waals surface area contributed by atoms with E-state index in [1.807, 2.05) is 18.7 Å². The quantitative estimate of drug-likeness (QED) is 0.847. The second-order valence-corrected chi connectivity index (χ2v) is 6.94. The lowest BCUT2D eigenvalue weighted by Gasteiger charge is -2.42. The minimum atomic E-state index is -0.756. The molecule has 3 unspecified atom stereocenters. The number of carbonyl (C=O) groups excluding carboxylic acids is 1. The van der Waals surface area contributed by atoms with Crippen molar-refractivity contribution in [3.63, 3.8) is 0 Å². The monoisotopic (exact) mass is 265 g/mol. The number of piperidine rings is 1. The molecule has 4 nitrogen and oxygen atoms in total. The normalized spacial score (nSPS) is 37.3. The number of amides is 1. The van der Waals surface area contributed by atoms with Crippen molar-refractivity contribution in [2.45, 2.75) is 52.0 Å². The highest BCUT2D eigenvalue weighted by molar-refractivity contribution is 5.82. The zero-order valence-corrected chi connectivity index (χ0v) is 11.8. The van der Waals surface area contributed by atoms with Crippen molar-refractivity contribution in [3.8, 4) is 0 Å². The number of rotatable bonds is 4. The Morgan fingerprint density at radius 2 is 2.00 bits per heavy atom. The van der Waals surface area contributed by atoms with Gasteiger partial charge in [-0.1, -0.05) is 6.92 Å². The fourth-order valence-electron chi connectivity index (χ4n) is 3.99. The molecule has 4 heteroatoms. The van der Waals surface area contributed by atoms with Gasteiger partial charge in [0.1, 0.15) is 0 Å². The fourth-order valence-corrected chi connectivity index (χ4v) is 3.99. The molecule has 0 aromatic rings. The topological polar surface area (TPSA) is 57.6 Å². The third kappa shape index (κ3) is 2.15. The molecule has 106 valence electrons. The van der Waals surface area contributed by atoms with Crippen LogP contribution in [0.4, 0.5) is 0 Å². The first-order valence-electron chi connectivity index (χ1n) is 7.47. The third-order valence-electron chi connectivity index (χ3n) is 5.55. The summed E-state index contributed by atoms with van der Waals surface area (Å²) in [5, 5.41) is 9.38. The van der Waals surface area contributed by atoms with Crippen molar-refractivity contribution in [3.05, 3.63) is 0 Å². The van der Waals surface area contributed by atoms with Gasteiger partial charge in [0.2, 0.25) is 5.91 Å². The molecule has 1 N–H and O–H groups in total. The van der Waals surface area contributed by atoms with Crippen molar-refractivity contribution in [2.75, 3.05) is 6.54 Å². The molecule has 19 heavy (non-hydrogen) atoms. The van der Waals surface area contributed by atoms with Gasteiger partial charge in [0.15, 0.2) is 0 Å². The van der Waals surface area contributed by atoms with Crippen LogP contribution in [-0.4, -0.2) is 34.5 Å². The first-order chi connectivity index (χ1) is 8.94. The molecule has 0 spiro atoms. The van der Waals surface area contributed by atoms with Crippen molar-refractivity contribution >= 4 is 11.9 Å². The Hall–Kier alpha value is -1.06. The van der Waals surface area contributed by atoms with Gasteiger partial charge >= 0.3 is 5.97 Å². The summed E-state index contributed by atoms with van der Waals surface area (Å²) in [5.74, 6) is -0.256. The third-order valence-corrected chi connectivity index (χ3v) is 5.55. The summed E-state index contributed by atoms with van der Waals surface area (Å²) in [6.45, 7) is 4.60. The van der Waals surface area contributed by atoms with Crippen LogP contribution in [0.3, 0.4) is 0 Å². The smallest absolute Gasteiger partial charge is 0.308 e. The van der Waals surface area contributed by atoms with Gasteiger partial charge in [-0.15, -0.1) is 0 Å². The van der Waals surface area contributed by atoms with E-state index in [1.54, 1.807) is 0 Å². The average Bonchev–Trinajstić information content (AvgIpc) is 3.15. The van der Waals surface area contributed by atoms with Crippen molar-refractivity contribution in [1.82, 2.24) is 4.90 Å². The van der Waals surface area contributed by atoms with Gasteiger partial charge in [0, 0.05) is 19.0 Å². The molecule has 0 radical (unpaired) electrons. The predicted octanol–water partition coefficient (Wildman–Crippen LogP) is 2.13. The van der Waals surface area contributed by atoms with E-state index < -0.39 is 11.9 Å². The Morgan fingerprint density at radius 3 is 2.47 bits per heavy atom. The van der Waals surface area contributed by atoms with Gasteiger partial charge in [0.05, 0.1) is 5.92 Å². The number of likely N-dealkylation sites (tertiary alicyclic amines) is 1. The Morgan fingerprint density at radius 1 is 1.37 bits per heavy atom. The standard InChI is InChI=1S/C15H23NO3/c1-9-7-12(17)16(10(2)13(9)14(18)19)8-15(5-6-15)11-3-4-11/h9-11,13H,3-8H2,1-2H3,(H,18,19). The number of carboxylic acid groups (broad SMARTS) is 1. The van der Waals surface area contributed by atoms with Crippen LogP contribution in [0, 0.1) is 23.2 Å². The molecule has 2 saturated carbocycles. The van der Waals surface area contributed by atoms with Crippen LogP contribution < -0.4 is 0 Å². The predicted molar refractivity (Wildman–Crippen MR) is 70.5 cm³/mol. The van der Waals surface area contributed by atoms with Crippen molar-refractivity contribution < 1.29 is 14.7 Å². The van der Waals surface area contributed by atoms with E-state index in [4.69, 9.17) is 0 Å². The summed E-state index contributed by atoms with van der Waals surface area (Å²) in [4.78, 5) is 25.6. The molecule has 2 aliphatic carbocycles. The molecule has 3 rings (SSSR count). The summed E-state index contributed by atoms with van der Waals surface area (Å²) in [6, 6.07) is -0.162. The van der Waals surface area contributed by atoms with Gasteiger partial charge < -0.3 is 10.0 Å². The highest BCUT2D eigenvalue weighted by atomic mass is 16.4. The molecule has 0 bridgehead atoms. The summed E-state index contributed by atoms with van der Waals surface area (Å²) in [7, 11) is 0. The Bertz CT molecular complexity index is 412. The second kappa shape index (κ2) is 4.22. The number of hydrogen-bond acceptors (Lipinski definition) is 2. The van der Waals surface area contributed by atoms with Crippen LogP contribution in [-0.2, 0) is 9.59 Å². The van der Waals surface area contributed by atoms with E-state index in [0.29, 0.717) is 11.8 Å². The zero-order chi connectivity index (χ0) is 13.8. The van der Waals surface area contributed by atoms with Crippen LogP contribution in [0.25, 0.3) is 0 Å². The molecule has 1 amide bonds.